The van der Waals surface area contributed by atoms with Crippen molar-refractivity contribution >= 4 is 82.2 Å². The SMILES string of the molecule is C1=CC(c2nc3ccccc3n2-c2ccccc2)CC=C1c1ccc2c(c1)oc1c(-n3c4ccccc4c4cc5c(cc43)c3ccccc3n5-c3ccccc3)cccc12. The Hall–Kier alpha value is -7.89. The van der Waals surface area contributed by atoms with Crippen molar-refractivity contribution in [1.29, 1.82) is 0 Å². The maximum absolute atomic E-state index is 6.96. The molecule has 0 amide bonds. The molecule has 60 heavy (non-hydrogen) atoms. The summed E-state index contributed by atoms with van der Waals surface area (Å²) in [5, 5.41) is 7.09. The minimum atomic E-state index is 0.154. The van der Waals surface area contributed by atoms with Gasteiger partial charge in [-0.25, -0.2) is 4.98 Å². The largest absolute Gasteiger partial charge is 0.454 e. The lowest BCUT2D eigenvalue weighted by atomic mass is 9.92. The molecule has 5 nitrogen and oxygen atoms in total. The van der Waals surface area contributed by atoms with E-state index in [1.165, 1.54) is 38.2 Å². The zero-order chi connectivity index (χ0) is 39.3. The van der Waals surface area contributed by atoms with Gasteiger partial charge in [-0.3, -0.25) is 4.57 Å². The summed E-state index contributed by atoms with van der Waals surface area (Å²) < 4.78 is 14.1. The number of nitrogens with zero attached hydrogens (tertiary/aromatic N) is 4. The molecule has 1 unspecified atom stereocenters. The molecule has 0 spiro atoms. The zero-order valence-corrected chi connectivity index (χ0v) is 32.5. The zero-order valence-electron chi connectivity index (χ0n) is 32.5. The van der Waals surface area contributed by atoms with E-state index in [0.717, 1.165) is 78.9 Å². The number of benzene rings is 8. The number of imidazole rings is 1. The van der Waals surface area contributed by atoms with Crippen molar-refractivity contribution < 1.29 is 4.42 Å². The number of allylic oxidation sites excluding steroid dienone is 4. The van der Waals surface area contributed by atoms with Crippen LogP contribution >= 0.6 is 0 Å². The lowest BCUT2D eigenvalue weighted by molar-refractivity contribution is 0.666. The minimum Gasteiger partial charge on any atom is -0.454 e. The van der Waals surface area contributed by atoms with Gasteiger partial charge in [0.05, 0.1) is 38.8 Å². The number of aromatic nitrogens is 4. The van der Waals surface area contributed by atoms with Gasteiger partial charge in [0, 0.05) is 49.6 Å². The number of rotatable bonds is 5. The number of fused-ring (bicyclic) bond motifs is 10. The van der Waals surface area contributed by atoms with Crippen LogP contribution in [0.15, 0.2) is 205 Å². The fourth-order valence-electron chi connectivity index (χ4n) is 9.85. The monoisotopic (exact) mass is 768 g/mol. The van der Waals surface area contributed by atoms with Crippen molar-refractivity contribution in [3.8, 4) is 17.1 Å². The summed E-state index contributed by atoms with van der Waals surface area (Å²) in [5.74, 6) is 1.21. The van der Waals surface area contributed by atoms with Crippen molar-refractivity contribution in [2.24, 2.45) is 0 Å². The smallest absolute Gasteiger partial charge is 0.159 e. The summed E-state index contributed by atoms with van der Waals surface area (Å²) in [7, 11) is 0. The maximum atomic E-state index is 6.96. The molecule has 1 atom stereocenters. The average molecular weight is 769 g/mol. The van der Waals surface area contributed by atoms with Crippen LogP contribution in [0.3, 0.4) is 0 Å². The standard InChI is InChI=1S/C55H36N4O/c1-3-14-38(15-4-1)57-47-22-10-7-18-40(47)44-34-52-45(33-51(44)57)41-19-8-11-23-48(41)59(52)50-25-13-20-43-42-31-30-37(32-53(42)60-54(43)50)35-26-28-36(29-27-35)55-56-46-21-9-12-24-49(46)58(55)39-16-5-2-6-17-39/h1-28,30-34,36H,29H2. The number of hydrogen-bond donors (Lipinski definition) is 0. The van der Waals surface area contributed by atoms with Crippen LogP contribution in [0.2, 0.25) is 0 Å². The van der Waals surface area contributed by atoms with E-state index >= 15 is 0 Å². The topological polar surface area (TPSA) is 40.8 Å². The van der Waals surface area contributed by atoms with Gasteiger partial charge in [-0.2, -0.15) is 0 Å². The van der Waals surface area contributed by atoms with Crippen LogP contribution in [-0.4, -0.2) is 18.7 Å². The summed E-state index contributed by atoms with van der Waals surface area (Å²) in [6, 6.07) is 65.1. The fraction of sp³-hybridized carbons (Fsp3) is 0.0364. The summed E-state index contributed by atoms with van der Waals surface area (Å²) in [4.78, 5) is 5.15. The van der Waals surface area contributed by atoms with Crippen LogP contribution in [0.1, 0.15) is 23.7 Å². The van der Waals surface area contributed by atoms with Gasteiger partial charge in [-0.15, -0.1) is 0 Å². The predicted octanol–water partition coefficient (Wildman–Crippen LogP) is 14.2. The van der Waals surface area contributed by atoms with E-state index in [0.29, 0.717) is 0 Å². The van der Waals surface area contributed by atoms with Gasteiger partial charge in [-0.1, -0.05) is 121 Å². The molecule has 0 bridgehead atoms. The summed E-state index contributed by atoms with van der Waals surface area (Å²) in [6.07, 6.45) is 7.77. The molecule has 0 fully saturated rings. The van der Waals surface area contributed by atoms with Crippen LogP contribution in [0.5, 0.6) is 0 Å². The minimum absolute atomic E-state index is 0.154. The van der Waals surface area contributed by atoms with E-state index in [9.17, 15) is 0 Å². The normalized spacial score (nSPS) is 14.5. The van der Waals surface area contributed by atoms with Gasteiger partial charge < -0.3 is 13.6 Å². The first-order valence-electron chi connectivity index (χ1n) is 20.7. The highest BCUT2D eigenvalue weighted by Gasteiger charge is 2.23. The molecule has 4 aromatic heterocycles. The second-order valence-corrected chi connectivity index (χ2v) is 15.9. The second kappa shape index (κ2) is 12.8. The molecule has 5 heteroatoms. The Bertz CT molecular complexity index is 3740. The first kappa shape index (κ1) is 33.1. The van der Waals surface area contributed by atoms with E-state index in [1.807, 2.05) is 0 Å². The molecule has 0 aliphatic heterocycles. The van der Waals surface area contributed by atoms with Crippen molar-refractivity contribution in [2.45, 2.75) is 12.3 Å². The first-order valence-corrected chi connectivity index (χ1v) is 20.7. The third kappa shape index (κ3) is 4.83. The van der Waals surface area contributed by atoms with Crippen LogP contribution in [0, 0.1) is 0 Å². The molecule has 1 aliphatic carbocycles. The van der Waals surface area contributed by atoms with Crippen LogP contribution in [0.25, 0.3) is 99.2 Å². The van der Waals surface area contributed by atoms with E-state index in [4.69, 9.17) is 9.40 Å². The second-order valence-electron chi connectivity index (χ2n) is 15.9. The molecule has 13 rings (SSSR count). The third-order valence-electron chi connectivity index (χ3n) is 12.6. The summed E-state index contributed by atoms with van der Waals surface area (Å²) in [6.45, 7) is 0. The Morgan fingerprint density at radius 2 is 1.08 bits per heavy atom. The molecule has 282 valence electrons. The molecular formula is C55H36N4O. The highest BCUT2D eigenvalue weighted by molar-refractivity contribution is 6.20. The number of furan rings is 1. The summed E-state index contributed by atoms with van der Waals surface area (Å²) >= 11 is 0. The van der Waals surface area contributed by atoms with Gasteiger partial charge in [0.15, 0.2) is 5.58 Å². The van der Waals surface area contributed by atoms with E-state index in [-0.39, 0.29) is 5.92 Å². The number of hydrogen-bond acceptors (Lipinski definition) is 2. The summed E-state index contributed by atoms with van der Waals surface area (Å²) in [5.41, 5.74) is 14.2. The highest BCUT2D eigenvalue weighted by atomic mass is 16.3. The van der Waals surface area contributed by atoms with Gasteiger partial charge >= 0.3 is 0 Å². The first-order chi connectivity index (χ1) is 29.8. The maximum Gasteiger partial charge on any atom is 0.159 e. The van der Waals surface area contributed by atoms with Gasteiger partial charge in [0.1, 0.15) is 11.4 Å². The Morgan fingerprint density at radius 3 is 1.80 bits per heavy atom. The van der Waals surface area contributed by atoms with Crippen LogP contribution in [0.4, 0.5) is 0 Å². The van der Waals surface area contributed by atoms with Crippen LogP contribution in [-0.2, 0) is 0 Å². The molecule has 1 aliphatic rings. The Labute approximate surface area is 345 Å². The quantitative estimate of drug-likeness (QED) is 0.175. The van der Waals surface area contributed by atoms with Crippen LogP contribution < -0.4 is 0 Å². The molecule has 0 radical (unpaired) electrons. The molecule has 0 saturated carbocycles. The average Bonchev–Trinajstić information content (AvgIpc) is 4.06. The number of para-hydroxylation sites is 7. The van der Waals surface area contributed by atoms with E-state index in [2.05, 4.69) is 214 Å². The molecule has 0 saturated heterocycles. The van der Waals surface area contributed by atoms with Crippen molar-refractivity contribution in [2.75, 3.05) is 0 Å². The Kier molecular flexibility index (Phi) is 7.07. The van der Waals surface area contributed by atoms with Gasteiger partial charge in [0.25, 0.3) is 0 Å². The Balaban J connectivity index is 0.929. The molecule has 0 N–H and O–H groups in total. The van der Waals surface area contributed by atoms with Crippen molar-refractivity contribution in [3.05, 3.63) is 212 Å². The molecule has 8 aromatic carbocycles. The molecule has 4 heterocycles. The van der Waals surface area contributed by atoms with Crippen molar-refractivity contribution in [3.63, 3.8) is 0 Å². The molecular weight excluding hydrogens is 733 g/mol. The van der Waals surface area contributed by atoms with Gasteiger partial charge in [0.2, 0.25) is 0 Å². The lowest BCUT2D eigenvalue weighted by Gasteiger charge is -2.18. The van der Waals surface area contributed by atoms with Crippen molar-refractivity contribution in [1.82, 2.24) is 18.7 Å². The van der Waals surface area contributed by atoms with Gasteiger partial charge in [-0.05, 0) is 96.4 Å². The van der Waals surface area contributed by atoms with E-state index < -0.39 is 0 Å². The Morgan fingerprint density at radius 1 is 0.467 bits per heavy atom. The predicted molar refractivity (Wildman–Crippen MR) is 248 cm³/mol. The lowest BCUT2D eigenvalue weighted by Crippen LogP contribution is -2.07. The fourth-order valence-corrected chi connectivity index (χ4v) is 9.85. The highest BCUT2D eigenvalue weighted by Crippen LogP contribution is 2.43. The molecule has 12 aromatic rings. The third-order valence-corrected chi connectivity index (χ3v) is 12.6. The van der Waals surface area contributed by atoms with E-state index in [1.54, 1.807) is 0 Å².